The SMILES string of the molecule is CN/C(C)=C(/Cl)C(=N)c1ccc(OCc2c(C)cccc2NC(=O)N(C)N)c(C)c1. The van der Waals surface area contributed by atoms with Crippen molar-refractivity contribution in [2.24, 2.45) is 5.84 Å². The summed E-state index contributed by atoms with van der Waals surface area (Å²) in [5.41, 5.74) is 5.05. The van der Waals surface area contributed by atoms with Crippen LogP contribution in [0.2, 0.25) is 0 Å². The van der Waals surface area contributed by atoms with Crippen LogP contribution in [0.4, 0.5) is 10.5 Å². The van der Waals surface area contributed by atoms with E-state index in [4.69, 9.17) is 27.6 Å². The number of hydrazine groups is 1. The van der Waals surface area contributed by atoms with Gasteiger partial charge in [-0.05, 0) is 56.2 Å². The first-order valence-corrected chi connectivity index (χ1v) is 9.78. The molecule has 0 aliphatic carbocycles. The lowest BCUT2D eigenvalue weighted by Crippen LogP contribution is -2.37. The van der Waals surface area contributed by atoms with Gasteiger partial charge in [0, 0.05) is 36.6 Å². The summed E-state index contributed by atoms with van der Waals surface area (Å²) >= 11 is 6.26. The molecule has 0 atom stereocenters. The maximum Gasteiger partial charge on any atom is 0.335 e. The molecule has 8 heteroatoms. The van der Waals surface area contributed by atoms with E-state index in [1.165, 1.54) is 7.05 Å². The van der Waals surface area contributed by atoms with E-state index in [1.807, 2.05) is 51.1 Å². The van der Waals surface area contributed by atoms with Crippen LogP contribution in [0, 0.1) is 19.3 Å². The van der Waals surface area contributed by atoms with E-state index in [0.29, 0.717) is 22.0 Å². The second-order valence-corrected chi connectivity index (χ2v) is 7.35. The van der Waals surface area contributed by atoms with E-state index in [1.54, 1.807) is 13.1 Å². The van der Waals surface area contributed by atoms with Crippen LogP contribution < -0.4 is 21.2 Å². The number of hydrogen-bond donors (Lipinski definition) is 4. The fourth-order valence-electron chi connectivity index (χ4n) is 2.76. The summed E-state index contributed by atoms with van der Waals surface area (Å²) in [7, 11) is 3.24. The Morgan fingerprint density at radius 3 is 2.53 bits per heavy atom. The Kier molecular flexibility index (Phi) is 7.86. The lowest BCUT2D eigenvalue weighted by molar-refractivity contribution is 0.223. The van der Waals surface area contributed by atoms with Gasteiger partial charge < -0.3 is 15.4 Å². The van der Waals surface area contributed by atoms with Crippen molar-refractivity contribution in [3.8, 4) is 5.75 Å². The third-order valence-corrected chi connectivity index (χ3v) is 5.20. The summed E-state index contributed by atoms with van der Waals surface area (Å²) < 4.78 is 6.03. The normalized spacial score (nSPS) is 11.4. The Labute approximate surface area is 182 Å². The highest BCUT2D eigenvalue weighted by molar-refractivity contribution is 6.46. The molecular weight excluding hydrogens is 402 g/mol. The molecule has 2 aromatic carbocycles. The maximum atomic E-state index is 11.9. The van der Waals surface area contributed by atoms with Gasteiger partial charge in [-0.15, -0.1) is 0 Å². The topological polar surface area (TPSA) is 103 Å². The quantitative estimate of drug-likeness (QED) is 0.228. The molecule has 30 heavy (non-hydrogen) atoms. The van der Waals surface area contributed by atoms with Gasteiger partial charge in [0.1, 0.15) is 12.4 Å². The minimum Gasteiger partial charge on any atom is -0.489 e. The first kappa shape index (κ1) is 23.3. The lowest BCUT2D eigenvalue weighted by atomic mass is 10.0. The van der Waals surface area contributed by atoms with Gasteiger partial charge in [0.15, 0.2) is 0 Å². The van der Waals surface area contributed by atoms with Gasteiger partial charge in [-0.1, -0.05) is 23.7 Å². The van der Waals surface area contributed by atoms with Crippen molar-refractivity contribution < 1.29 is 9.53 Å². The number of anilines is 1. The number of urea groups is 1. The van der Waals surface area contributed by atoms with E-state index in [2.05, 4.69) is 10.6 Å². The lowest BCUT2D eigenvalue weighted by Gasteiger charge is -2.18. The standard InChI is InChI=1S/C22H28ClN5O2/c1-13-7-6-8-18(27-22(29)28(5)25)17(13)12-30-19-10-9-16(11-14(19)2)21(24)20(23)15(3)26-4/h6-11,24,26H,12,25H2,1-5H3,(H,27,29)/b20-15+,24-21?. The van der Waals surface area contributed by atoms with Crippen molar-refractivity contribution in [2.45, 2.75) is 27.4 Å². The Hall–Kier alpha value is -3.03. The first-order valence-electron chi connectivity index (χ1n) is 9.40. The number of amides is 2. The van der Waals surface area contributed by atoms with Gasteiger partial charge in [-0.2, -0.15) is 0 Å². The fourth-order valence-corrected chi connectivity index (χ4v) is 2.96. The number of allylic oxidation sites excluding steroid dienone is 2. The Morgan fingerprint density at radius 1 is 1.23 bits per heavy atom. The Morgan fingerprint density at radius 2 is 1.93 bits per heavy atom. The van der Waals surface area contributed by atoms with Crippen molar-refractivity contribution in [3.05, 3.63) is 69.4 Å². The van der Waals surface area contributed by atoms with Crippen LogP contribution in [0.1, 0.15) is 29.2 Å². The summed E-state index contributed by atoms with van der Waals surface area (Å²) in [4.78, 5) is 11.9. The van der Waals surface area contributed by atoms with Crippen molar-refractivity contribution in [1.82, 2.24) is 10.3 Å². The number of hydrogen-bond acceptors (Lipinski definition) is 5. The maximum absolute atomic E-state index is 11.9. The predicted octanol–water partition coefficient (Wildman–Crippen LogP) is 4.28. The molecule has 5 N–H and O–H groups in total. The number of carbonyl (C=O) groups is 1. The zero-order chi connectivity index (χ0) is 22.4. The highest BCUT2D eigenvalue weighted by Gasteiger charge is 2.14. The molecule has 2 amide bonds. The molecular formula is C22H28ClN5O2. The van der Waals surface area contributed by atoms with Crippen molar-refractivity contribution in [3.63, 3.8) is 0 Å². The zero-order valence-electron chi connectivity index (χ0n) is 17.9. The Bertz CT molecular complexity index is 985. The second kappa shape index (κ2) is 10.1. The molecule has 7 nitrogen and oxygen atoms in total. The molecule has 2 rings (SSSR count). The van der Waals surface area contributed by atoms with Gasteiger partial charge in [-0.25, -0.2) is 10.6 Å². The van der Waals surface area contributed by atoms with Crippen LogP contribution >= 0.6 is 11.6 Å². The zero-order valence-corrected chi connectivity index (χ0v) is 18.6. The molecule has 160 valence electrons. The third kappa shape index (κ3) is 5.52. The van der Waals surface area contributed by atoms with Crippen molar-refractivity contribution in [1.29, 1.82) is 5.41 Å². The number of aryl methyl sites for hydroxylation is 2. The van der Waals surface area contributed by atoms with Crippen LogP contribution in [0.3, 0.4) is 0 Å². The number of nitrogens with two attached hydrogens (primary N) is 1. The van der Waals surface area contributed by atoms with Crippen molar-refractivity contribution in [2.75, 3.05) is 19.4 Å². The van der Waals surface area contributed by atoms with E-state index >= 15 is 0 Å². The predicted molar refractivity (Wildman–Crippen MR) is 122 cm³/mol. The third-order valence-electron chi connectivity index (χ3n) is 4.73. The minimum absolute atomic E-state index is 0.243. The van der Waals surface area contributed by atoms with Crippen molar-refractivity contribution >= 4 is 29.0 Å². The number of carbonyl (C=O) groups excluding carboxylic acids is 1. The van der Waals surface area contributed by atoms with Crippen LogP contribution in [0.25, 0.3) is 0 Å². The van der Waals surface area contributed by atoms with E-state index < -0.39 is 6.03 Å². The van der Waals surface area contributed by atoms with Gasteiger partial charge in [0.25, 0.3) is 0 Å². The van der Waals surface area contributed by atoms with Crippen LogP contribution in [-0.2, 0) is 6.61 Å². The molecule has 0 spiro atoms. The summed E-state index contributed by atoms with van der Waals surface area (Å²) in [5.74, 6) is 6.19. The average molecular weight is 430 g/mol. The molecule has 2 aromatic rings. The summed E-state index contributed by atoms with van der Waals surface area (Å²) in [6, 6.07) is 10.7. The fraction of sp³-hybridized carbons (Fsp3) is 0.273. The Balaban J connectivity index is 2.21. The highest BCUT2D eigenvalue weighted by atomic mass is 35.5. The number of benzene rings is 2. The van der Waals surface area contributed by atoms with E-state index in [-0.39, 0.29) is 12.3 Å². The number of halogens is 1. The van der Waals surface area contributed by atoms with Gasteiger partial charge in [0.2, 0.25) is 0 Å². The van der Waals surface area contributed by atoms with Gasteiger partial charge >= 0.3 is 6.03 Å². The molecule has 0 saturated carbocycles. The number of ether oxygens (including phenoxy) is 1. The van der Waals surface area contributed by atoms with Crippen LogP contribution in [-0.4, -0.2) is 30.8 Å². The minimum atomic E-state index is -0.414. The molecule has 0 unspecified atom stereocenters. The van der Waals surface area contributed by atoms with Gasteiger partial charge in [-0.3, -0.25) is 10.4 Å². The van der Waals surface area contributed by atoms with E-state index in [0.717, 1.165) is 27.4 Å². The van der Waals surface area contributed by atoms with E-state index in [9.17, 15) is 4.79 Å². The molecule has 0 saturated heterocycles. The smallest absolute Gasteiger partial charge is 0.335 e. The molecule has 0 heterocycles. The molecule has 0 aromatic heterocycles. The molecule has 0 fully saturated rings. The highest BCUT2D eigenvalue weighted by Crippen LogP contribution is 2.26. The first-order chi connectivity index (χ1) is 14.1. The van der Waals surface area contributed by atoms with Crippen LogP contribution in [0.5, 0.6) is 5.75 Å². The molecule has 0 bridgehead atoms. The second-order valence-electron chi connectivity index (χ2n) is 6.98. The van der Waals surface area contributed by atoms with Gasteiger partial charge in [0.05, 0.1) is 10.7 Å². The monoisotopic (exact) mass is 429 g/mol. The largest absolute Gasteiger partial charge is 0.489 e. The molecule has 0 aliphatic heterocycles. The number of nitrogens with one attached hydrogen (secondary N) is 3. The molecule has 0 radical (unpaired) electrons. The number of nitrogens with zero attached hydrogens (tertiary/aromatic N) is 1. The summed E-state index contributed by atoms with van der Waals surface area (Å²) in [6.07, 6.45) is 0. The number of rotatable bonds is 7. The molecule has 0 aliphatic rings. The summed E-state index contributed by atoms with van der Waals surface area (Å²) in [6.45, 7) is 5.96. The average Bonchev–Trinajstić information content (AvgIpc) is 2.72. The summed E-state index contributed by atoms with van der Waals surface area (Å²) in [5, 5.41) is 15.4. The van der Waals surface area contributed by atoms with Crippen LogP contribution in [0.15, 0.2) is 47.1 Å².